The van der Waals surface area contributed by atoms with Crippen LogP contribution in [0.3, 0.4) is 0 Å². The summed E-state index contributed by atoms with van der Waals surface area (Å²) in [5.74, 6) is -0.274. The van der Waals surface area contributed by atoms with Crippen LogP contribution in [-0.4, -0.2) is 57.1 Å². The number of aromatic amines is 1. The largest absolute Gasteiger partial charge is 0.388 e. The molecule has 6 N–H and O–H groups in total. The number of nitrogens with zero attached hydrogens (tertiary/aromatic N) is 1. The lowest BCUT2D eigenvalue weighted by atomic mass is 10.0. The van der Waals surface area contributed by atoms with E-state index in [1.165, 1.54) is 10.8 Å². The lowest BCUT2D eigenvalue weighted by Gasteiger charge is -2.15. The molecule has 140 valence electrons. The molecule has 10 heteroatoms. The topological polar surface area (TPSA) is 160 Å². The van der Waals surface area contributed by atoms with Crippen LogP contribution in [0.5, 0.6) is 0 Å². The number of aryl methyl sites for hydroxylation is 1. The van der Waals surface area contributed by atoms with Crippen molar-refractivity contribution in [3.8, 4) is 0 Å². The van der Waals surface area contributed by atoms with E-state index in [0.29, 0.717) is 19.5 Å². The fourth-order valence-corrected chi connectivity index (χ4v) is 2.76. The number of aliphatic hydroxyl groups is 2. The van der Waals surface area contributed by atoms with Gasteiger partial charge in [-0.3, -0.25) is 19.1 Å². The van der Waals surface area contributed by atoms with Gasteiger partial charge in [-0.25, -0.2) is 4.79 Å². The first-order valence-electron chi connectivity index (χ1n) is 8.21. The number of nitrogens with one attached hydrogen (secondary N) is 2. The lowest BCUT2D eigenvalue weighted by Crippen LogP contribution is -2.37. The van der Waals surface area contributed by atoms with Crippen LogP contribution in [0, 0.1) is 0 Å². The minimum absolute atomic E-state index is 0.0275. The van der Waals surface area contributed by atoms with E-state index in [4.69, 9.17) is 10.5 Å². The van der Waals surface area contributed by atoms with Crippen LogP contribution in [0.15, 0.2) is 15.8 Å². The molecule has 1 aromatic heterocycles. The first-order chi connectivity index (χ1) is 11.9. The van der Waals surface area contributed by atoms with Gasteiger partial charge < -0.3 is 26.0 Å². The summed E-state index contributed by atoms with van der Waals surface area (Å²) in [6.45, 7) is 2.48. The zero-order chi connectivity index (χ0) is 18.6. The second-order valence-corrected chi connectivity index (χ2v) is 5.91. The Labute approximate surface area is 143 Å². The van der Waals surface area contributed by atoms with Gasteiger partial charge in [-0.05, 0) is 6.42 Å². The molecule has 0 aliphatic carbocycles. The van der Waals surface area contributed by atoms with Crippen molar-refractivity contribution in [3.05, 3.63) is 32.6 Å². The Hall–Kier alpha value is -2.01. The van der Waals surface area contributed by atoms with Crippen LogP contribution in [0.25, 0.3) is 0 Å². The van der Waals surface area contributed by atoms with Crippen LogP contribution in [0.1, 0.15) is 31.4 Å². The lowest BCUT2D eigenvalue weighted by molar-refractivity contribution is -0.121. The van der Waals surface area contributed by atoms with E-state index in [-0.39, 0.29) is 24.4 Å². The number of rotatable bonds is 7. The van der Waals surface area contributed by atoms with Crippen molar-refractivity contribution >= 4 is 5.91 Å². The molecule has 0 aromatic carbocycles. The molecule has 25 heavy (non-hydrogen) atoms. The summed E-state index contributed by atoms with van der Waals surface area (Å²) in [6.07, 6.45) is -2.27. The van der Waals surface area contributed by atoms with Crippen molar-refractivity contribution in [3.63, 3.8) is 0 Å². The van der Waals surface area contributed by atoms with Crippen LogP contribution in [-0.2, 0) is 16.1 Å². The van der Waals surface area contributed by atoms with Crippen LogP contribution >= 0.6 is 0 Å². The number of aliphatic hydroxyl groups excluding tert-OH is 2. The van der Waals surface area contributed by atoms with Crippen molar-refractivity contribution in [2.75, 3.05) is 13.1 Å². The number of nitrogens with two attached hydrogens (primary N) is 1. The van der Waals surface area contributed by atoms with E-state index in [0.717, 1.165) is 0 Å². The molecule has 2 rings (SSSR count). The SMILES string of the molecule is CC[C@H]1O[C@@H](c2cn(CCC(=O)NCCN)c(=O)[nH]c2=O)[C@@H](O)C1O. The summed E-state index contributed by atoms with van der Waals surface area (Å²) >= 11 is 0. The molecule has 1 amide bonds. The Morgan fingerprint density at radius 3 is 2.72 bits per heavy atom. The first-order valence-corrected chi connectivity index (χ1v) is 8.21. The highest BCUT2D eigenvalue weighted by Crippen LogP contribution is 2.32. The van der Waals surface area contributed by atoms with E-state index < -0.39 is 35.7 Å². The Balaban J connectivity index is 2.19. The van der Waals surface area contributed by atoms with E-state index >= 15 is 0 Å². The molecule has 2 heterocycles. The van der Waals surface area contributed by atoms with Gasteiger partial charge >= 0.3 is 5.69 Å². The number of hydrogen-bond donors (Lipinski definition) is 5. The number of H-pyrrole nitrogens is 1. The maximum atomic E-state index is 12.1. The molecule has 4 atom stereocenters. The minimum atomic E-state index is -1.27. The Morgan fingerprint density at radius 2 is 2.12 bits per heavy atom. The predicted octanol–water partition coefficient (Wildman–Crippen LogP) is -2.43. The summed E-state index contributed by atoms with van der Waals surface area (Å²) < 4.78 is 6.71. The summed E-state index contributed by atoms with van der Waals surface area (Å²) in [6, 6.07) is 0. The molecule has 0 radical (unpaired) electrons. The second-order valence-electron chi connectivity index (χ2n) is 5.91. The van der Waals surface area contributed by atoms with Crippen LogP contribution in [0.4, 0.5) is 0 Å². The zero-order valence-electron chi connectivity index (χ0n) is 14.0. The zero-order valence-corrected chi connectivity index (χ0v) is 14.0. The third-order valence-corrected chi connectivity index (χ3v) is 4.16. The van der Waals surface area contributed by atoms with E-state index in [1.807, 2.05) is 0 Å². The van der Waals surface area contributed by atoms with E-state index in [9.17, 15) is 24.6 Å². The smallest absolute Gasteiger partial charge is 0.328 e. The number of carbonyl (C=O) groups excluding carboxylic acids is 1. The van der Waals surface area contributed by atoms with E-state index in [1.54, 1.807) is 6.92 Å². The first kappa shape index (κ1) is 19.3. The van der Waals surface area contributed by atoms with Crippen molar-refractivity contribution in [1.82, 2.24) is 14.9 Å². The average Bonchev–Trinajstić information content (AvgIpc) is 2.87. The van der Waals surface area contributed by atoms with Crippen molar-refractivity contribution in [2.45, 2.75) is 50.7 Å². The van der Waals surface area contributed by atoms with Gasteiger partial charge in [-0.2, -0.15) is 0 Å². The monoisotopic (exact) mass is 356 g/mol. The molecule has 0 bridgehead atoms. The molecular formula is C15H24N4O6. The fraction of sp³-hybridized carbons (Fsp3) is 0.667. The van der Waals surface area contributed by atoms with Gasteiger partial charge in [0.1, 0.15) is 18.3 Å². The molecule has 1 fully saturated rings. The summed E-state index contributed by atoms with van der Waals surface area (Å²) in [5, 5.41) is 22.6. The highest BCUT2D eigenvalue weighted by Gasteiger charge is 2.43. The highest BCUT2D eigenvalue weighted by molar-refractivity contribution is 5.75. The van der Waals surface area contributed by atoms with Gasteiger partial charge in [0.2, 0.25) is 5.91 Å². The molecule has 0 saturated carbocycles. The maximum absolute atomic E-state index is 12.1. The van der Waals surface area contributed by atoms with Gasteiger partial charge in [0, 0.05) is 32.3 Å². The Bertz CT molecular complexity index is 715. The molecule has 1 aromatic rings. The molecule has 1 aliphatic rings. The Kier molecular flexibility index (Phi) is 6.48. The fourth-order valence-electron chi connectivity index (χ4n) is 2.76. The van der Waals surface area contributed by atoms with Gasteiger partial charge in [0.25, 0.3) is 5.56 Å². The normalized spacial score (nSPS) is 25.9. The van der Waals surface area contributed by atoms with Gasteiger partial charge in [-0.15, -0.1) is 0 Å². The highest BCUT2D eigenvalue weighted by atomic mass is 16.5. The third-order valence-electron chi connectivity index (χ3n) is 4.16. The quantitative estimate of drug-likeness (QED) is 0.363. The molecule has 1 saturated heterocycles. The summed E-state index contributed by atoms with van der Waals surface area (Å²) in [7, 11) is 0. The summed E-state index contributed by atoms with van der Waals surface area (Å²) in [4.78, 5) is 37.7. The maximum Gasteiger partial charge on any atom is 0.328 e. The predicted molar refractivity (Wildman–Crippen MR) is 87.9 cm³/mol. The molecule has 1 aliphatic heterocycles. The van der Waals surface area contributed by atoms with Gasteiger partial charge in [0.15, 0.2) is 0 Å². The molecular weight excluding hydrogens is 332 g/mol. The summed E-state index contributed by atoms with van der Waals surface area (Å²) in [5.41, 5.74) is 3.97. The van der Waals surface area contributed by atoms with Crippen molar-refractivity contribution < 1.29 is 19.7 Å². The number of aromatic nitrogens is 2. The number of hydrogen-bond acceptors (Lipinski definition) is 7. The number of carbonyl (C=O) groups is 1. The molecule has 1 unspecified atom stereocenters. The van der Waals surface area contributed by atoms with E-state index in [2.05, 4.69) is 10.3 Å². The van der Waals surface area contributed by atoms with Gasteiger partial charge in [0.05, 0.1) is 11.7 Å². The minimum Gasteiger partial charge on any atom is -0.388 e. The second kappa shape index (κ2) is 8.39. The third kappa shape index (κ3) is 4.34. The standard InChI is InChI=1S/C15H24N4O6/c1-2-9-11(21)12(22)13(25-9)8-7-19(15(24)18-14(8)23)6-3-10(20)17-5-4-16/h7,9,11-13,21-22H,2-6,16H2,1H3,(H,17,20)(H,18,23,24)/t9-,11?,12+,13+/m1/s1. The van der Waals surface area contributed by atoms with Gasteiger partial charge in [-0.1, -0.05) is 6.92 Å². The Morgan fingerprint density at radius 1 is 1.40 bits per heavy atom. The molecule has 10 nitrogen and oxygen atoms in total. The van der Waals surface area contributed by atoms with Crippen LogP contribution < -0.4 is 22.3 Å². The number of amides is 1. The van der Waals surface area contributed by atoms with Crippen molar-refractivity contribution in [1.29, 1.82) is 0 Å². The van der Waals surface area contributed by atoms with Crippen LogP contribution in [0.2, 0.25) is 0 Å². The number of ether oxygens (including phenoxy) is 1. The molecule has 0 spiro atoms. The average molecular weight is 356 g/mol. The van der Waals surface area contributed by atoms with Crippen molar-refractivity contribution in [2.24, 2.45) is 5.73 Å².